The van der Waals surface area contributed by atoms with E-state index in [1.54, 1.807) is 6.92 Å². The summed E-state index contributed by atoms with van der Waals surface area (Å²) in [5.41, 5.74) is 0. The van der Waals surface area contributed by atoms with Crippen LogP contribution in [0.15, 0.2) is 11.2 Å². The number of imidazole rings is 1. The van der Waals surface area contributed by atoms with Gasteiger partial charge in [-0.25, -0.2) is 13.4 Å². The zero-order valence-corrected chi connectivity index (χ0v) is 10.2. The van der Waals surface area contributed by atoms with Gasteiger partial charge < -0.3 is 4.57 Å². The van der Waals surface area contributed by atoms with Gasteiger partial charge in [0, 0.05) is 12.7 Å². The molecule has 1 aromatic heterocycles. The van der Waals surface area contributed by atoms with Crippen LogP contribution in [0.1, 0.15) is 19.2 Å². The third-order valence-electron chi connectivity index (χ3n) is 2.06. The Morgan fingerprint density at radius 2 is 2.31 bits per heavy atom. The van der Waals surface area contributed by atoms with Crippen molar-refractivity contribution in [2.45, 2.75) is 31.8 Å². The first-order valence-corrected chi connectivity index (χ1v) is 6.46. The third-order valence-corrected chi connectivity index (χ3v) is 3.33. The number of aryl methyl sites for hydroxylation is 2. The van der Waals surface area contributed by atoms with Crippen molar-refractivity contribution in [2.75, 3.05) is 6.54 Å². The summed E-state index contributed by atoms with van der Waals surface area (Å²) >= 11 is 0. The molecule has 0 amide bonds. The fourth-order valence-electron chi connectivity index (χ4n) is 1.29. The molecule has 0 spiro atoms. The minimum Gasteiger partial charge on any atom is -0.334 e. The molecule has 88 valence electrons. The van der Waals surface area contributed by atoms with Gasteiger partial charge in [0.1, 0.15) is 5.82 Å². The van der Waals surface area contributed by atoms with Crippen molar-refractivity contribution in [1.29, 1.82) is 0 Å². The van der Waals surface area contributed by atoms with Gasteiger partial charge in [-0.1, -0.05) is 12.8 Å². The number of nitrogens with zero attached hydrogens (tertiary/aromatic N) is 2. The summed E-state index contributed by atoms with van der Waals surface area (Å²) in [5.74, 6) is 2.90. The van der Waals surface area contributed by atoms with Crippen molar-refractivity contribution in [1.82, 2.24) is 14.3 Å². The molecule has 0 atom stereocenters. The molecule has 16 heavy (non-hydrogen) atoms. The lowest BCUT2D eigenvalue weighted by molar-refractivity contribution is 0.582. The van der Waals surface area contributed by atoms with Gasteiger partial charge in [-0.15, -0.1) is 6.42 Å². The first-order valence-electron chi connectivity index (χ1n) is 4.98. The van der Waals surface area contributed by atoms with E-state index < -0.39 is 10.0 Å². The van der Waals surface area contributed by atoms with E-state index in [-0.39, 0.29) is 11.6 Å². The number of aromatic nitrogens is 2. The van der Waals surface area contributed by atoms with E-state index in [0.29, 0.717) is 5.82 Å². The normalized spacial score (nSPS) is 11.3. The second kappa shape index (κ2) is 5.14. The first-order chi connectivity index (χ1) is 7.51. The van der Waals surface area contributed by atoms with Crippen molar-refractivity contribution in [2.24, 2.45) is 0 Å². The van der Waals surface area contributed by atoms with E-state index in [1.807, 2.05) is 11.5 Å². The maximum atomic E-state index is 11.7. The molecule has 0 saturated heterocycles. The highest BCUT2D eigenvalue weighted by Gasteiger charge is 2.17. The van der Waals surface area contributed by atoms with Gasteiger partial charge in [0.2, 0.25) is 0 Å². The lowest BCUT2D eigenvalue weighted by Crippen LogP contribution is -2.24. The molecular formula is C10H15N3O2S. The van der Waals surface area contributed by atoms with Crippen LogP contribution in [0.2, 0.25) is 0 Å². The quantitative estimate of drug-likeness (QED) is 0.764. The summed E-state index contributed by atoms with van der Waals surface area (Å²) in [6.45, 7) is 4.52. The molecule has 0 fully saturated rings. The zero-order chi connectivity index (χ0) is 12.2. The van der Waals surface area contributed by atoms with Crippen LogP contribution >= 0.6 is 0 Å². The zero-order valence-electron chi connectivity index (χ0n) is 9.40. The molecule has 6 heteroatoms. The first kappa shape index (κ1) is 12.7. The number of hydrogen-bond acceptors (Lipinski definition) is 3. The molecule has 0 radical (unpaired) electrons. The summed E-state index contributed by atoms with van der Waals surface area (Å²) in [5, 5.41) is 0.0219. The molecule has 0 unspecified atom stereocenters. The lowest BCUT2D eigenvalue weighted by Gasteiger charge is -2.00. The fraction of sp³-hybridized carbons (Fsp3) is 0.500. The Morgan fingerprint density at radius 1 is 1.62 bits per heavy atom. The van der Waals surface area contributed by atoms with Gasteiger partial charge in [0.05, 0.1) is 6.54 Å². The molecule has 0 bridgehead atoms. The molecule has 0 aliphatic heterocycles. The van der Waals surface area contributed by atoms with Crippen LogP contribution < -0.4 is 4.72 Å². The molecule has 5 nitrogen and oxygen atoms in total. The summed E-state index contributed by atoms with van der Waals surface area (Å²) in [6, 6.07) is 0. The molecule has 0 saturated carbocycles. The molecule has 0 aromatic carbocycles. The standard InChI is InChI=1S/C10H15N3O2S/c1-4-6-11-16(14,15)10-8-13(7-5-2)9(3)12-10/h1,8,11H,5-7H2,2-3H3. The Kier molecular flexibility index (Phi) is 4.10. The number of nitrogens with one attached hydrogen (secondary N) is 1. The Bertz CT molecular complexity index is 497. The van der Waals surface area contributed by atoms with Gasteiger partial charge in [-0.05, 0) is 13.3 Å². The molecule has 1 aromatic rings. The van der Waals surface area contributed by atoms with Gasteiger partial charge in [-0.3, -0.25) is 0 Å². The second-order valence-corrected chi connectivity index (χ2v) is 5.06. The molecule has 1 rings (SSSR count). The molecule has 0 aliphatic rings. The number of terminal acetylenes is 1. The molecule has 1 N–H and O–H groups in total. The van der Waals surface area contributed by atoms with E-state index in [9.17, 15) is 8.42 Å². The fourth-order valence-corrected chi connectivity index (χ4v) is 2.23. The highest BCUT2D eigenvalue weighted by Crippen LogP contribution is 2.09. The molecular weight excluding hydrogens is 226 g/mol. The highest BCUT2D eigenvalue weighted by atomic mass is 32.2. The van der Waals surface area contributed by atoms with Gasteiger partial charge in [0.25, 0.3) is 10.0 Å². The predicted octanol–water partition coefficient (Wildman–Crippen LogP) is 0.513. The van der Waals surface area contributed by atoms with Crippen molar-refractivity contribution < 1.29 is 8.42 Å². The second-order valence-electron chi connectivity index (χ2n) is 3.35. The minimum atomic E-state index is -3.57. The maximum absolute atomic E-state index is 11.7. The average Bonchev–Trinajstić information content (AvgIpc) is 2.59. The Labute approximate surface area is 95.9 Å². The Balaban J connectivity index is 2.97. The van der Waals surface area contributed by atoms with E-state index in [1.165, 1.54) is 6.20 Å². The molecule has 0 aliphatic carbocycles. The SMILES string of the molecule is C#CCNS(=O)(=O)c1cn(CCC)c(C)n1. The van der Waals surface area contributed by atoms with Gasteiger partial charge in [0.15, 0.2) is 5.03 Å². The van der Waals surface area contributed by atoms with Crippen molar-refractivity contribution in [3.05, 3.63) is 12.0 Å². The minimum absolute atomic E-state index is 0.0219. The van der Waals surface area contributed by atoms with Crippen molar-refractivity contribution >= 4 is 10.0 Å². The highest BCUT2D eigenvalue weighted by molar-refractivity contribution is 7.89. The van der Waals surface area contributed by atoms with E-state index in [2.05, 4.69) is 15.6 Å². The largest absolute Gasteiger partial charge is 0.334 e. The topological polar surface area (TPSA) is 64.0 Å². The van der Waals surface area contributed by atoms with Crippen LogP contribution in [0.25, 0.3) is 0 Å². The van der Waals surface area contributed by atoms with E-state index in [0.717, 1.165) is 13.0 Å². The molecule has 1 heterocycles. The van der Waals surface area contributed by atoms with Gasteiger partial charge >= 0.3 is 0 Å². The van der Waals surface area contributed by atoms with Crippen LogP contribution in [0, 0.1) is 19.3 Å². The summed E-state index contributed by atoms with van der Waals surface area (Å²) in [7, 11) is -3.57. The number of hydrogen-bond donors (Lipinski definition) is 1. The smallest absolute Gasteiger partial charge is 0.260 e. The van der Waals surface area contributed by atoms with Crippen LogP contribution in [0.5, 0.6) is 0 Å². The van der Waals surface area contributed by atoms with Crippen LogP contribution in [0.3, 0.4) is 0 Å². The Hall–Kier alpha value is -1.32. The summed E-state index contributed by atoms with van der Waals surface area (Å²) < 4.78 is 27.4. The van der Waals surface area contributed by atoms with Crippen LogP contribution in [0.4, 0.5) is 0 Å². The van der Waals surface area contributed by atoms with Crippen LogP contribution in [-0.4, -0.2) is 24.5 Å². The summed E-state index contributed by atoms with van der Waals surface area (Å²) in [4.78, 5) is 4.00. The third kappa shape index (κ3) is 2.84. The van der Waals surface area contributed by atoms with E-state index in [4.69, 9.17) is 6.42 Å². The average molecular weight is 241 g/mol. The van der Waals surface area contributed by atoms with Crippen LogP contribution in [-0.2, 0) is 16.6 Å². The Morgan fingerprint density at radius 3 is 2.88 bits per heavy atom. The number of rotatable bonds is 5. The number of sulfonamides is 1. The predicted molar refractivity (Wildman–Crippen MR) is 61.3 cm³/mol. The van der Waals surface area contributed by atoms with Crippen molar-refractivity contribution in [3.63, 3.8) is 0 Å². The monoisotopic (exact) mass is 241 g/mol. The van der Waals surface area contributed by atoms with Gasteiger partial charge in [-0.2, -0.15) is 4.72 Å². The van der Waals surface area contributed by atoms with E-state index >= 15 is 0 Å². The summed E-state index contributed by atoms with van der Waals surface area (Å²) in [6.07, 6.45) is 7.44. The maximum Gasteiger partial charge on any atom is 0.260 e. The van der Waals surface area contributed by atoms with Crippen molar-refractivity contribution in [3.8, 4) is 12.3 Å². The lowest BCUT2D eigenvalue weighted by atomic mass is 10.5.